The smallest absolute Gasteiger partial charge is 0.305 e. The van der Waals surface area contributed by atoms with Crippen molar-refractivity contribution in [2.75, 3.05) is 6.54 Å². The number of amides is 1. The van der Waals surface area contributed by atoms with Crippen molar-refractivity contribution in [2.24, 2.45) is 0 Å². The summed E-state index contributed by atoms with van der Waals surface area (Å²) >= 11 is 0. The summed E-state index contributed by atoms with van der Waals surface area (Å²) in [5.74, 6) is -0.989. The molecular formula is C12H17N3O3. The average Bonchev–Trinajstić information content (AvgIpc) is 3.06. The first-order valence-electron chi connectivity index (χ1n) is 6.05. The van der Waals surface area contributed by atoms with Crippen molar-refractivity contribution >= 4 is 11.9 Å². The fourth-order valence-corrected chi connectivity index (χ4v) is 2.06. The third kappa shape index (κ3) is 2.52. The highest BCUT2D eigenvalue weighted by molar-refractivity contribution is 5.96. The van der Waals surface area contributed by atoms with Gasteiger partial charge in [0, 0.05) is 18.3 Å². The zero-order valence-corrected chi connectivity index (χ0v) is 10.6. The summed E-state index contributed by atoms with van der Waals surface area (Å²) in [5.41, 5.74) is 1.98. The van der Waals surface area contributed by atoms with Gasteiger partial charge in [-0.1, -0.05) is 0 Å². The number of carboxylic acid groups (broad SMARTS) is 1. The Morgan fingerprint density at radius 3 is 2.56 bits per heavy atom. The van der Waals surface area contributed by atoms with E-state index in [2.05, 4.69) is 10.2 Å². The van der Waals surface area contributed by atoms with Crippen molar-refractivity contribution in [2.45, 2.75) is 39.2 Å². The Bertz CT molecular complexity index is 457. The number of aromatic nitrogens is 2. The number of rotatable bonds is 5. The lowest BCUT2D eigenvalue weighted by Gasteiger charge is -2.21. The van der Waals surface area contributed by atoms with Gasteiger partial charge in [0.05, 0.1) is 17.7 Å². The van der Waals surface area contributed by atoms with Gasteiger partial charge in [0.2, 0.25) is 0 Å². The van der Waals surface area contributed by atoms with Gasteiger partial charge in [0.25, 0.3) is 5.91 Å². The van der Waals surface area contributed by atoms with Crippen molar-refractivity contribution in [3.63, 3.8) is 0 Å². The molecule has 0 aromatic carbocycles. The van der Waals surface area contributed by atoms with Crippen LogP contribution in [-0.2, 0) is 4.79 Å². The molecule has 1 aliphatic rings. The average molecular weight is 251 g/mol. The Morgan fingerprint density at radius 2 is 2.11 bits per heavy atom. The minimum Gasteiger partial charge on any atom is -0.481 e. The first kappa shape index (κ1) is 12.6. The van der Waals surface area contributed by atoms with E-state index < -0.39 is 5.97 Å². The number of hydrogen-bond donors (Lipinski definition) is 2. The second kappa shape index (κ2) is 4.80. The second-order valence-corrected chi connectivity index (χ2v) is 4.68. The van der Waals surface area contributed by atoms with Crippen molar-refractivity contribution in [3.8, 4) is 0 Å². The van der Waals surface area contributed by atoms with Crippen LogP contribution in [0.5, 0.6) is 0 Å². The molecule has 0 unspecified atom stereocenters. The quantitative estimate of drug-likeness (QED) is 0.820. The van der Waals surface area contributed by atoms with E-state index >= 15 is 0 Å². The molecule has 1 heterocycles. The van der Waals surface area contributed by atoms with E-state index in [-0.39, 0.29) is 24.9 Å². The third-order valence-corrected chi connectivity index (χ3v) is 3.16. The number of carbonyl (C=O) groups is 2. The summed E-state index contributed by atoms with van der Waals surface area (Å²) in [7, 11) is 0. The summed E-state index contributed by atoms with van der Waals surface area (Å²) in [6.07, 6.45) is 1.90. The highest BCUT2D eigenvalue weighted by atomic mass is 16.4. The van der Waals surface area contributed by atoms with Gasteiger partial charge >= 0.3 is 5.97 Å². The molecule has 98 valence electrons. The molecule has 1 aliphatic carbocycles. The van der Waals surface area contributed by atoms with Crippen molar-refractivity contribution in [3.05, 3.63) is 17.0 Å². The standard InChI is InChI=1S/C12H17N3O3/c1-7-11(8(2)14-13-7)12(18)15(9-3-4-9)6-5-10(16)17/h9H,3-6H2,1-2H3,(H,13,14)(H,16,17). The van der Waals surface area contributed by atoms with Gasteiger partial charge in [-0.25, -0.2) is 0 Å². The molecule has 0 spiro atoms. The van der Waals surface area contributed by atoms with Crippen LogP contribution in [0.3, 0.4) is 0 Å². The summed E-state index contributed by atoms with van der Waals surface area (Å²) in [5, 5.41) is 15.5. The van der Waals surface area contributed by atoms with E-state index in [1.54, 1.807) is 18.7 Å². The van der Waals surface area contributed by atoms with Crippen molar-refractivity contribution in [1.82, 2.24) is 15.1 Å². The molecule has 6 heteroatoms. The Labute approximate surface area is 105 Å². The number of aliphatic carboxylic acids is 1. The molecule has 1 saturated carbocycles. The third-order valence-electron chi connectivity index (χ3n) is 3.16. The van der Waals surface area contributed by atoms with E-state index in [9.17, 15) is 9.59 Å². The first-order chi connectivity index (χ1) is 8.50. The zero-order valence-electron chi connectivity index (χ0n) is 10.6. The lowest BCUT2D eigenvalue weighted by atomic mass is 10.1. The maximum absolute atomic E-state index is 12.4. The van der Waals surface area contributed by atoms with Crippen LogP contribution in [-0.4, -0.2) is 44.7 Å². The van der Waals surface area contributed by atoms with Gasteiger partial charge in [-0.3, -0.25) is 14.7 Å². The number of nitrogens with one attached hydrogen (secondary N) is 1. The fourth-order valence-electron chi connectivity index (χ4n) is 2.06. The topological polar surface area (TPSA) is 86.3 Å². The molecular weight excluding hydrogens is 234 g/mol. The molecule has 0 radical (unpaired) electrons. The van der Waals surface area contributed by atoms with Crippen LogP contribution in [0.2, 0.25) is 0 Å². The molecule has 1 aromatic heterocycles. The van der Waals surface area contributed by atoms with Crippen LogP contribution in [0.15, 0.2) is 0 Å². The van der Waals surface area contributed by atoms with Gasteiger partial charge in [-0.05, 0) is 26.7 Å². The molecule has 0 atom stereocenters. The first-order valence-corrected chi connectivity index (χ1v) is 6.05. The van der Waals surface area contributed by atoms with Gasteiger partial charge in [-0.2, -0.15) is 5.10 Å². The lowest BCUT2D eigenvalue weighted by Crippen LogP contribution is -2.35. The maximum atomic E-state index is 12.4. The zero-order chi connectivity index (χ0) is 13.3. The molecule has 0 bridgehead atoms. The van der Waals surface area contributed by atoms with Crippen LogP contribution in [0, 0.1) is 13.8 Å². The largest absolute Gasteiger partial charge is 0.481 e. The minimum atomic E-state index is -0.880. The molecule has 0 aliphatic heterocycles. The number of hydrogen-bond acceptors (Lipinski definition) is 3. The van der Waals surface area contributed by atoms with Crippen LogP contribution in [0.4, 0.5) is 0 Å². The lowest BCUT2D eigenvalue weighted by molar-refractivity contribution is -0.137. The van der Waals surface area contributed by atoms with E-state index in [1.165, 1.54) is 0 Å². The van der Waals surface area contributed by atoms with Gasteiger partial charge in [0.1, 0.15) is 0 Å². The molecule has 2 N–H and O–H groups in total. The molecule has 2 rings (SSSR count). The molecule has 1 aromatic rings. The molecule has 1 fully saturated rings. The Hall–Kier alpha value is -1.85. The predicted octanol–water partition coefficient (Wildman–Crippen LogP) is 1.11. The minimum absolute atomic E-state index is 0.0157. The Morgan fingerprint density at radius 1 is 1.44 bits per heavy atom. The highest BCUT2D eigenvalue weighted by Gasteiger charge is 2.34. The van der Waals surface area contributed by atoms with Gasteiger partial charge in [0.15, 0.2) is 0 Å². The molecule has 1 amide bonds. The Balaban J connectivity index is 2.15. The number of H-pyrrole nitrogens is 1. The number of nitrogens with zero attached hydrogens (tertiary/aromatic N) is 2. The number of aromatic amines is 1. The van der Waals surface area contributed by atoms with Crippen LogP contribution in [0.1, 0.15) is 41.0 Å². The second-order valence-electron chi connectivity index (χ2n) is 4.68. The van der Waals surface area contributed by atoms with E-state index in [1.807, 2.05) is 0 Å². The van der Waals surface area contributed by atoms with Crippen molar-refractivity contribution in [1.29, 1.82) is 0 Å². The highest BCUT2D eigenvalue weighted by Crippen LogP contribution is 2.29. The SMILES string of the molecule is Cc1n[nH]c(C)c1C(=O)N(CCC(=O)O)C1CC1. The predicted molar refractivity (Wildman–Crippen MR) is 64.4 cm³/mol. The molecule has 0 saturated heterocycles. The summed E-state index contributed by atoms with van der Waals surface area (Å²) in [6, 6.07) is 0.200. The van der Waals surface area contributed by atoms with Crippen LogP contribution in [0.25, 0.3) is 0 Å². The van der Waals surface area contributed by atoms with E-state index in [4.69, 9.17) is 5.11 Å². The number of aryl methyl sites for hydroxylation is 2. The summed E-state index contributed by atoms with van der Waals surface area (Å²) in [6.45, 7) is 3.84. The fraction of sp³-hybridized carbons (Fsp3) is 0.583. The van der Waals surface area contributed by atoms with Crippen LogP contribution >= 0.6 is 0 Å². The number of carbonyl (C=O) groups excluding carboxylic acids is 1. The van der Waals surface area contributed by atoms with Gasteiger partial charge < -0.3 is 10.0 Å². The Kier molecular flexibility index (Phi) is 3.36. The van der Waals surface area contributed by atoms with Gasteiger partial charge in [-0.15, -0.1) is 0 Å². The normalized spacial score (nSPS) is 14.6. The molecule has 6 nitrogen and oxygen atoms in total. The maximum Gasteiger partial charge on any atom is 0.305 e. The molecule has 18 heavy (non-hydrogen) atoms. The van der Waals surface area contributed by atoms with Crippen molar-refractivity contribution < 1.29 is 14.7 Å². The summed E-state index contributed by atoms with van der Waals surface area (Å²) < 4.78 is 0. The van der Waals surface area contributed by atoms with E-state index in [0.29, 0.717) is 11.3 Å². The monoisotopic (exact) mass is 251 g/mol. The number of carboxylic acids is 1. The van der Waals surface area contributed by atoms with Crippen LogP contribution < -0.4 is 0 Å². The van der Waals surface area contributed by atoms with E-state index in [0.717, 1.165) is 18.5 Å². The summed E-state index contributed by atoms with van der Waals surface area (Å²) in [4.78, 5) is 24.7.